The van der Waals surface area contributed by atoms with E-state index in [1.807, 2.05) is 0 Å². The third-order valence-electron chi connectivity index (χ3n) is 5.06. The van der Waals surface area contributed by atoms with E-state index in [0.717, 1.165) is 57.9 Å². The van der Waals surface area contributed by atoms with E-state index in [9.17, 15) is 0 Å². The second-order valence-corrected chi connectivity index (χ2v) is 6.79. The Morgan fingerprint density at radius 1 is 0.964 bits per heavy atom. The summed E-state index contributed by atoms with van der Waals surface area (Å²) in [5, 5.41) is 6.82. The predicted octanol–water partition coefficient (Wildman–Crippen LogP) is 4.36. The van der Waals surface area contributed by atoms with Crippen LogP contribution in [-0.2, 0) is 14.9 Å². The standard InChI is InChI=1S/C22H39N3O2.HI/c1-5-22(6-2,20-13-9-8-10-14-20)19-25-21(23-7-3)24-15-11-12-16-27-18-17-26-4;/h8-10,13-14H,5-7,11-12,15-19H2,1-4H3,(H2,23,24,25);1H. The third-order valence-corrected chi connectivity index (χ3v) is 5.06. The number of hydrogen-bond donors (Lipinski definition) is 2. The Bertz CT molecular complexity index is 508. The summed E-state index contributed by atoms with van der Waals surface area (Å²) in [6.07, 6.45) is 4.25. The van der Waals surface area contributed by atoms with E-state index in [0.29, 0.717) is 13.2 Å². The highest BCUT2D eigenvalue weighted by atomic mass is 127. The largest absolute Gasteiger partial charge is 0.382 e. The molecule has 0 aromatic heterocycles. The van der Waals surface area contributed by atoms with E-state index in [-0.39, 0.29) is 29.4 Å². The summed E-state index contributed by atoms with van der Waals surface area (Å²) < 4.78 is 10.5. The molecule has 0 amide bonds. The van der Waals surface area contributed by atoms with Crippen molar-refractivity contribution in [3.8, 4) is 0 Å². The molecule has 0 bridgehead atoms. The maximum absolute atomic E-state index is 5.50. The monoisotopic (exact) mass is 505 g/mol. The van der Waals surface area contributed by atoms with Crippen molar-refractivity contribution in [2.45, 2.75) is 51.9 Å². The van der Waals surface area contributed by atoms with Gasteiger partial charge in [-0.3, -0.25) is 4.99 Å². The molecule has 1 aromatic carbocycles. The van der Waals surface area contributed by atoms with E-state index >= 15 is 0 Å². The van der Waals surface area contributed by atoms with E-state index in [4.69, 9.17) is 14.5 Å². The van der Waals surface area contributed by atoms with Crippen LogP contribution in [-0.4, -0.2) is 52.5 Å². The molecule has 2 N–H and O–H groups in total. The van der Waals surface area contributed by atoms with Crippen molar-refractivity contribution in [3.05, 3.63) is 35.9 Å². The number of hydrogen-bond acceptors (Lipinski definition) is 3. The van der Waals surface area contributed by atoms with Gasteiger partial charge in [-0.25, -0.2) is 0 Å². The molecular formula is C22H40IN3O2. The molecule has 0 fully saturated rings. The third kappa shape index (κ3) is 10.1. The first kappa shape index (κ1) is 27.1. The van der Waals surface area contributed by atoms with Crippen LogP contribution >= 0.6 is 24.0 Å². The molecule has 0 heterocycles. The van der Waals surface area contributed by atoms with Gasteiger partial charge in [-0.2, -0.15) is 0 Å². The number of halogens is 1. The van der Waals surface area contributed by atoms with Crippen LogP contribution in [0.4, 0.5) is 0 Å². The highest BCUT2D eigenvalue weighted by Crippen LogP contribution is 2.31. The van der Waals surface area contributed by atoms with Gasteiger partial charge in [-0.05, 0) is 38.2 Å². The lowest BCUT2D eigenvalue weighted by Crippen LogP contribution is -2.39. The van der Waals surface area contributed by atoms with E-state index in [2.05, 4.69) is 61.7 Å². The van der Waals surface area contributed by atoms with Crippen molar-refractivity contribution in [3.63, 3.8) is 0 Å². The van der Waals surface area contributed by atoms with Crippen LogP contribution in [0, 0.1) is 0 Å². The Morgan fingerprint density at radius 3 is 2.29 bits per heavy atom. The second kappa shape index (κ2) is 17.0. The zero-order valence-electron chi connectivity index (χ0n) is 18.1. The lowest BCUT2D eigenvalue weighted by atomic mass is 9.76. The van der Waals surface area contributed by atoms with Gasteiger partial charge in [-0.15, -0.1) is 24.0 Å². The molecule has 0 aliphatic carbocycles. The minimum atomic E-state index is 0. The molecule has 5 nitrogen and oxygen atoms in total. The highest BCUT2D eigenvalue weighted by molar-refractivity contribution is 14.0. The Kier molecular flexibility index (Phi) is 16.5. The molecule has 0 aliphatic rings. The van der Waals surface area contributed by atoms with Gasteiger partial charge in [0.2, 0.25) is 0 Å². The number of rotatable bonds is 14. The minimum absolute atomic E-state index is 0. The smallest absolute Gasteiger partial charge is 0.191 e. The average Bonchev–Trinajstić information content (AvgIpc) is 2.71. The second-order valence-electron chi connectivity index (χ2n) is 6.79. The molecule has 1 rings (SSSR count). The van der Waals surface area contributed by atoms with Gasteiger partial charge in [0.1, 0.15) is 0 Å². The molecule has 0 unspecified atom stereocenters. The van der Waals surface area contributed by atoms with Crippen LogP contribution in [0.15, 0.2) is 35.3 Å². The van der Waals surface area contributed by atoms with Crippen molar-refractivity contribution in [1.29, 1.82) is 0 Å². The summed E-state index contributed by atoms with van der Waals surface area (Å²) in [5.74, 6) is 0.903. The number of guanidine groups is 1. The van der Waals surface area contributed by atoms with Crippen LogP contribution < -0.4 is 10.6 Å². The van der Waals surface area contributed by atoms with Gasteiger partial charge in [0, 0.05) is 32.2 Å². The van der Waals surface area contributed by atoms with Gasteiger partial charge in [0.15, 0.2) is 5.96 Å². The molecule has 28 heavy (non-hydrogen) atoms. The number of methoxy groups -OCH3 is 1. The Hall–Kier alpha value is -0.860. The molecule has 0 radical (unpaired) electrons. The lowest BCUT2D eigenvalue weighted by Gasteiger charge is -2.31. The van der Waals surface area contributed by atoms with E-state index < -0.39 is 0 Å². The fourth-order valence-electron chi connectivity index (χ4n) is 3.12. The molecule has 0 spiro atoms. The fourth-order valence-corrected chi connectivity index (χ4v) is 3.12. The number of nitrogens with one attached hydrogen (secondary N) is 2. The highest BCUT2D eigenvalue weighted by Gasteiger charge is 2.28. The van der Waals surface area contributed by atoms with Crippen molar-refractivity contribution in [1.82, 2.24) is 10.6 Å². The van der Waals surface area contributed by atoms with Crippen LogP contribution in [0.25, 0.3) is 0 Å². The summed E-state index contributed by atoms with van der Waals surface area (Å²) in [5.41, 5.74) is 1.47. The summed E-state index contributed by atoms with van der Waals surface area (Å²) >= 11 is 0. The zero-order chi connectivity index (χ0) is 19.8. The summed E-state index contributed by atoms with van der Waals surface area (Å²) in [7, 11) is 1.69. The van der Waals surface area contributed by atoms with Gasteiger partial charge in [-0.1, -0.05) is 44.2 Å². The first-order valence-electron chi connectivity index (χ1n) is 10.4. The predicted molar refractivity (Wildman–Crippen MR) is 130 cm³/mol. The first-order chi connectivity index (χ1) is 13.2. The molecule has 1 aromatic rings. The van der Waals surface area contributed by atoms with E-state index in [1.165, 1.54) is 5.56 Å². The van der Waals surface area contributed by atoms with Crippen molar-refractivity contribution in [2.24, 2.45) is 4.99 Å². The van der Waals surface area contributed by atoms with Gasteiger partial charge in [0.25, 0.3) is 0 Å². The van der Waals surface area contributed by atoms with Crippen LogP contribution in [0.1, 0.15) is 52.0 Å². The molecule has 0 aliphatic heterocycles. The van der Waals surface area contributed by atoms with Gasteiger partial charge >= 0.3 is 0 Å². The van der Waals surface area contributed by atoms with E-state index in [1.54, 1.807) is 7.11 Å². The maximum Gasteiger partial charge on any atom is 0.191 e. The van der Waals surface area contributed by atoms with Crippen molar-refractivity contribution in [2.75, 3.05) is 46.6 Å². The van der Waals surface area contributed by atoms with Gasteiger partial charge in [0.05, 0.1) is 19.8 Å². The van der Waals surface area contributed by atoms with Crippen molar-refractivity contribution >= 4 is 29.9 Å². The summed E-state index contributed by atoms with van der Waals surface area (Å²) in [4.78, 5) is 4.91. The molecule has 6 heteroatoms. The fraction of sp³-hybridized carbons (Fsp3) is 0.682. The Morgan fingerprint density at radius 2 is 1.68 bits per heavy atom. The number of nitrogens with zero attached hydrogens (tertiary/aromatic N) is 1. The van der Waals surface area contributed by atoms with Crippen molar-refractivity contribution < 1.29 is 9.47 Å². The molecule has 0 saturated heterocycles. The molecule has 162 valence electrons. The summed E-state index contributed by atoms with van der Waals surface area (Å²) in [6.45, 7) is 11.3. The quantitative estimate of drug-likeness (QED) is 0.171. The lowest BCUT2D eigenvalue weighted by molar-refractivity contribution is 0.0689. The van der Waals surface area contributed by atoms with Crippen LogP contribution in [0.2, 0.25) is 0 Å². The van der Waals surface area contributed by atoms with Crippen LogP contribution in [0.5, 0.6) is 0 Å². The number of unbranched alkanes of at least 4 members (excludes halogenated alkanes) is 1. The number of aliphatic imine (C=N–C) groups is 1. The Labute approximate surface area is 189 Å². The normalized spacial score (nSPS) is 11.8. The zero-order valence-corrected chi connectivity index (χ0v) is 20.5. The summed E-state index contributed by atoms with van der Waals surface area (Å²) in [6, 6.07) is 10.8. The number of benzene rings is 1. The molecule has 0 saturated carbocycles. The van der Waals surface area contributed by atoms with Gasteiger partial charge < -0.3 is 20.1 Å². The maximum atomic E-state index is 5.50. The number of ether oxygens (including phenoxy) is 2. The first-order valence-corrected chi connectivity index (χ1v) is 10.4. The average molecular weight is 505 g/mol. The molecular weight excluding hydrogens is 465 g/mol. The SMILES string of the molecule is CCNC(=NCC(CC)(CC)c1ccccc1)NCCCCOCCOC.I. The topological polar surface area (TPSA) is 54.9 Å². The molecule has 0 atom stereocenters. The van der Waals surface area contributed by atoms with Crippen LogP contribution in [0.3, 0.4) is 0 Å². The Balaban J connectivity index is 0.00000729. The minimum Gasteiger partial charge on any atom is -0.382 e.